The SMILES string of the molecule is CCCCCCC/C=C/CC/C=C/C(O)C(COC1OC(CO)C(O)C(O)C1O)NC(=O)CCCCCCCCCC/C=C\CCCCCCCCCCCCCC. The fraction of sp³-hybridized carbons (Fsp3) is 0.857. The Labute approximate surface area is 355 Å². The van der Waals surface area contributed by atoms with Crippen LogP contribution in [-0.4, -0.2) is 87.5 Å². The van der Waals surface area contributed by atoms with Crippen LogP contribution < -0.4 is 5.32 Å². The van der Waals surface area contributed by atoms with Crippen molar-refractivity contribution in [1.29, 1.82) is 0 Å². The van der Waals surface area contributed by atoms with Crippen LogP contribution in [0, 0.1) is 0 Å². The highest BCUT2D eigenvalue weighted by Gasteiger charge is 2.44. The lowest BCUT2D eigenvalue weighted by Gasteiger charge is -2.40. The van der Waals surface area contributed by atoms with E-state index in [1.807, 2.05) is 6.08 Å². The Kier molecular flexibility index (Phi) is 37.1. The first kappa shape index (κ1) is 54.4. The molecular weight excluding hydrogens is 731 g/mol. The number of nitrogens with one attached hydrogen (secondary N) is 1. The average Bonchev–Trinajstić information content (AvgIpc) is 3.22. The maximum Gasteiger partial charge on any atom is 0.220 e. The number of unbranched alkanes of at least 4 members (excludes halogenated alkanes) is 26. The fourth-order valence-corrected chi connectivity index (χ4v) is 7.52. The summed E-state index contributed by atoms with van der Waals surface area (Å²) in [5.74, 6) is -0.191. The number of aliphatic hydroxyl groups is 5. The van der Waals surface area contributed by atoms with Gasteiger partial charge in [-0.15, -0.1) is 0 Å². The Hall–Kier alpha value is -1.59. The first-order valence-corrected chi connectivity index (χ1v) is 24.2. The first-order valence-electron chi connectivity index (χ1n) is 24.2. The van der Waals surface area contributed by atoms with Gasteiger partial charge >= 0.3 is 0 Å². The molecule has 0 bridgehead atoms. The number of hydrogen-bond donors (Lipinski definition) is 6. The Bertz CT molecular complexity index is 1000. The van der Waals surface area contributed by atoms with E-state index in [1.54, 1.807) is 6.08 Å². The van der Waals surface area contributed by atoms with Crippen LogP contribution >= 0.6 is 0 Å². The van der Waals surface area contributed by atoms with Crippen LogP contribution in [0.3, 0.4) is 0 Å². The number of hydrogen-bond acceptors (Lipinski definition) is 8. The topological polar surface area (TPSA) is 149 Å². The van der Waals surface area contributed by atoms with E-state index in [4.69, 9.17) is 9.47 Å². The standard InChI is InChI=1S/C49H91NO8/c1-3-5-7-9-11-13-15-16-17-18-19-20-21-22-23-24-25-26-27-29-31-33-35-37-39-45(53)50-42(41-57-49-48(56)47(55)46(54)44(40-51)58-49)43(52)38-36-34-32-30-28-14-12-10-8-6-4-2/h22-23,28,30,36,38,42-44,46-49,51-52,54-56H,3-21,24-27,29,31-35,37,39-41H2,1-2H3,(H,50,53)/b23-22-,30-28+,38-36+. The molecule has 0 aromatic heterocycles. The van der Waals surface area contributed by atoms with Crippen LogP contribution in [0.1, 0.15) is 213 Å². The Morgan fingerprint density at radius 2 is 0.983 bits per heavy atom. The number of carbonyl (C=O) groups excluding carboxylic acids is 1. The van der Waals surface area contributed by atoms with Gasteiger partial charge in [0, 0.05) is 6.42 Å². The van der Waals surface area contributed by atoms with Crippen molar-refractivity contribution < 1.29 is 39.8 Å². The molecule has 9 heteroatoms. The van der Waals surface area contributed by atoms with Crippen LogP contribution in [0.4, 0.5) is 0 Å². The van der Waals surface area contributed by atoms with E-state index in [1.165, 1.54) is 154 Å². The minimum absolute atomic E-state index is 0.191. The normalized spacial score (nSPS) is 21.1. The third-order valence-electron chi connectivity index (χ3n) is 11.4. The summed E-state index contributed by atoms with van der Waals surface area (Å²) in [6, 6.07) is -0.820. The summed E-state index contributed by atoms with van der Waals surface area (Å²) in [4.78, 5) is 12.9. The number of ether oxygens (including phenoxy) is 2. The zero-order valence-electron chi connectivity index (χ0n) is 37.3. The van der Waals surface area contributed by atoms with Gasteiger partial charge in [0.2, 0.25) is 5.91 Å². The zero-order chi connectivity index (χ0) is 42.3. The van der Waals surface area contributed by atoms with Crippen LogP contribution in [0.2, 0.25) is 0 Å². The van der Waals surface area contributed by atoms with Gasteiger partial charge in [0.15, 0.2) is 6.29 Å². The number of amides is 1. The van der Waals surface area contributed by atoms with Gasteiger partial charge in [0.25, 0.3) is 0 Å². The Balaban J connectivity index is 2.26. The molecule has 1 fully saturated rings. The summed E-state index contributed by atoms with van der Waals surface area (Å²) in [5, 5.41) is 54.1. The summed E-state index contributed by atoms with van der Waals surface area (Å²) in [5.41, 5.74) is 0. The molecule has 0 saturated carbocycles. The van der Waals surface area contributed by atoms with Crippen molar-refractivity contribution in [2.24, 2.45) is 0 Å². The maximum absolute atomic E-state index is 12.9. The lowest BCUT2D eigenvalue weighted by atomic mass is 9.99. The van der Waals surface area contributed by atoms with Gasteiger partial charge in [0.05, 0.1) is 25.4 Å². The predicted molar refractivity (Wildman–Crippen MR) is 240 cm³/mol. The van der Waals surface area contributed by atoms with E-state index in [0.29, 0.717) is 6.42 Å². The van der Waals surface area contributed by atoms with Crippen LogP contribution in [0.5, 0.6) is 0 Å². The zero-order valence-corrected chi connectivity index (χ0v) is 37.3. The van der Waals surface area contributed by atoms with Crippen LogP contribution in [-0.2, 0) is 14.3 Å². The van der Waals surface area contributed by atoms with Gasteiger partial charge in [-0.05, 0) is 57.8 Å². The second-order valence-electron chi connectivity index (χ2n) is 16.9. The van der Waals surface area contributed by atoms with Crippen molar-refractivity contribution in [2.45, 2.75) is 256 Å². The largest absolute Gasteiger partial charge is 0.394 e. The molecule has 1 rings (SSSR count). The predicted octanol–water partition coefficient (Wildman–Crippen LogP) is 10.5. The van der Waals surface area contributed by atoms with Gasteiger partial charge in [-0.2, -0.15) is 0 Å². The lowest BCUT2D eigenvalue weighted by molar-refractivity contribution is -0.302. The number of allylic oxidation sites excluding steroid dienone is 5. The highest BCUT2D eigenvalue weighted by atomic mass is 16.7. The molecule has 1 aliphatic heterocycles. The molecule has 0 spiro atoms. The van der Waals surface area contributed by atoms with Gasteiger partial charge in [0.1, 0.15) is 24.4 Å². The summed E-state index contributed by atoms with van der Waals surface area (Å²) in [6.07, 6.45) is 42.1. The van der Waals surface area contributed by atoms with Gasteiger partial charge in [-0.1, -0.05) is 185 Å². The molecule has 6 N–H and O–H groups in total. The summed E-state index contributed by atoms with van der Waals surface area (Å²) >= 11 is 0. The molecule has 7 unspecified atom stereocenters. The van der Waals surface area contributed by atoms with Crippen molar-refractivity contribution in [1.82, 2.24) is 5.32 Å². The average molecular weight is 822 g/mol. The van der Waals surface area contributed by atoms with Crippen molar-refractivity contribution in [2.75, 3.05) is 13.2 Å². The van der Waals surface area contributed by atoms with E-state index in [0.717, 1.165) is 38.5 Å². The number of rotatable bonds is 40. The molecule has 340 valence electrons. The Morgan fingerprint density at radius 3 is 1.45 bits per heavy atom. The minimum Gasteiger partial charge on any atom is -0.394 e. The molecule has 0 aliphatic carbocycles. The smallest absolute Gasteiger partial charge is 0.220 e. The van der Waals surface area contributed by atoms with E-state index in [-0.39, 0.29) is 12.5 Å². The lowest BCUT2D eigenvalue weighted by Crippen LogP contribution is -2.60. The van der Waals surface area contributed by atoms with Crippen molar-refractivity contribution in [3.05, 3.63) is 36.5 Å². The van der Waals surface area contributed by atoms with E-state index < -0.39 is 49.5 Å². The third-order valence-corrected chi connectivity index (χ3v) is 11.4. The summed E-state index contributed by atoms with van der Waals surface area (Å²) < 4.78 is 11.2. The van der Waals surface area contributed by atoms with E-state index in [2.05, 4.69) is 43.5 Å². The molecule has 0 radical (unpaired) electrons. The molecule has 58 heavy (non-hydrogen) atoms. The summed E-state index contributed by atoms with van der Waals surface area (Å²) in [7, 11) is 0. The maximum atomic E-state index is 12.9. The van der Waals surface area contributed by atoms with E-state index >= 15 is 0 Å². The summed E-state index contributed by atoms with van der Waals surface area (Å²) in [6.45, 7) is 3.73. The molecule has 0 aromatic rings. The molecule has 9 nitrogen and oxygen atoms in total. The van der Waals surface area contributed by atoms with Crippen LogP contribution in [0.15, 0.2) is 36.5 Å². The molecule has 7 atom stereocenters. The van der Waals surface area contributed by atoms with Crippen molar-refractivity contribution in [3.8, 4) is 0 Å². The van der Waals surface area contributed by atoms with Crippen molar-refractivity contribution >= 4 is 5.91 Å². The van der Waals surface area contributed by atoms with Crippen molar-refractivity contribution in [3.63, 3.8) is 0 Å². The highest BCUT2D eigenvalue weighted by molar-refractivity contribution is 5.76. The number of aliphatic hydroxyl groups excluding tert-OH is 5. The molecule has 1 amide bonds. The first-order chi connectivity index (χ1) is 28.3. The minimum atomic E-state index is -1.57. The van der Waals surface area contributed by atoms with Gasteiger partial charge in [-0.3, -0.25) is 4.79 Å². The van der Waals surface area contributed by atoms with E-state index in [9.17, 15) is 30.3 Å². The quantitative estimate of drug-likeness (QED) is 0.0264. The van der Waals surface area contributed by atoms with Gasteiger partial charge < -0.3 is 40.3 Å². The monoisotopic (exact) mass is 822 g/mol. The fourth-order valence-electron chi connectivity index (χ4n) is 7.52. The Morgan fingerprint density at radius 1 is 0.569 bits per heavy atom. The second-order valence-corrected chi connectivity index (χ2v) is 16.9. The molecule has 1 heterocycles. The third kappa shape index (κ3) is 29.6. The molecular formula is C49H91NO8. The molecule has 1 aliphatic rings. The molecule has 1 saturated heterocycles. The number of carbonyl (C=O) groups is 1. The van der Waals surface area contributed by atoms with Gasteiger partial charge in [-0.25, -0.2) is 0 Å². The highest BCUT2D eigenvalue weighted by Crippen LogP contribution is 2.22. The molecule has 0 aromatic carbocycles. The second kappa shape index (κ2) is 39.5. The van der Waals surface area contributed by atoms with Crippen LogP contribution in [0.25, 0.3) is 0 Å².